The minimum Gasteiger partial charge on any atom is -0.381 e. The van der Waals surface area contributed by atoms with E-state index in [1.54, 1.807) is 12.3 Å². The maximum Gasteiger partial charge on any atom is 0.278 e. The van der Waals surface area contributed by atoms with E-state index in [1.807, 2.05) is 17.8 Å². The summed E-state index contributed by atoms with van der Waals surface area (Å²) in [6.45, 7) is 1.66. The molecule has 1 amide bonds. The maximum atomic E-state index is 11.8. The minimum atomic E-state index is -0.512. The highest BCUT2D eigenvalue weighted by Gasteiger charge is 2.27. The van der Waals surface area contributed by atoms with Gasteiger partial charge in [0.25, 0.3) is 5.91 Å². The molecule has 0 radical (unpaired) electrons. The molecule has 1 fully saturated rings. The second kappa shape index (κ2) is 5.79. The largest absolute Gasteiger partial charge is 0.381 e. The lowest BCUT2D eigenvalue weighted by molar-refractivity contribution is -0.117. The number of allylic oxidation sites excluding steroid dienone is 1. The predicted molar refractivity (Wildman–Crippen MR) is 77.6 cm³/mol. The third-order valence-electron chi connectivity index (χ3n) is 3.22. The highest BCUT2D eigenvalue weighted by Crippen LogP contribution is 2.23. The summed E-state index contributed by atoms with van der Waals surface area (Å²) >= 11 is 1.81. The Morgan fingerprint density at radius 2 is 2.16 bits per heavy atom. The fourth-order valence-electron chi connectivity index (χ4n) is 2.20. The van der Waals surface area contributed by atoms with Crippen molar-refractivity contribution in [3.8, 4) is 0 Å². The highest BCUT2D eigenvalue weighted by molar-refractivity contribution is 8.00. The molecule has 1 saturated heterocycles. The van der Waals surface area contributed by atoms with Gasteiger partial charge in [0.1, 0.15) is 5.84 Å². The number of hydrogen-bond donors (Lipinski definition) is 0. The van der Waals surface area contributed by atoms with E-state index in [9.17, 15) is 4.79 Å². The van der Waals surface area contributed by atoms with Gasteiger partial charge in [0.15, 0.2) is 6.04 Å². The van der Waals surface area contributed by atoms with Crippen molar-refractivity contribution < 1.29 is 9.53 Å². The summed E-state index contributed by atoms with van der Waals surface area (Å²) in [5.41, 5.74) is 0.713. The van der Waals surface area contributed by atoms with Gasteiger partial charge in [-0.3, -0.25) is 9.79 Å². The second-order valence-corrected chi connectivity index (χ2v) is 5.87. The zero-order chi connectivity index (χ0) is 13.1. The normalized spacial score (nSPS) is 26.9. The van der Waals surface area contributed by atoms with Crippen LogP contribution in [0.15, 0.2) is 27.1 Å². The van der Waals surface area contributed by atoms with Crippen LogP contribution < -0.4 is 0 Å². The number of thioether (sulfide) groups is 1. The summed E-state index contributed by atoms with van der Waals surface area (Å²) in [7, 11) is 0. The highest BCUT2D eigenvalue weighted by atomic mass is 32.2. The van der Waals surface area contributed by atoms with Crippen molar-refractivity contribution in [2.75, 3.05) is 19.0 Å². The summed E-state index contributed by atoms with van der Waals surface area (Å²) in [5, 5.41) is 0.587. The first kappa shape index (κ1) is 12.7. The van der Waals surface area contributed by atoms with Crippen LogP contribution in [0.2, 0.25) is 0 Å². The van der Waals surface area contributed by atoms with E-state index in [0.717, 1.165) is 26.1 Å². The SMILES string of the molecule is O=C1N=C(CSC2CCOCC2)N=C2C=CC=NC12. The topological polar surface area (TPSA) is 63.4 Å². The van der Waals surface area contributed by atoms with Crippen LogP contribution in [-0.4, -0.2) is 53.9 Å². The molecule has 100 valence electrons. The molecule has 0 saturated carbocycles. The fourth-order valence-corrected chi connectivity index (χ4v) is 3.24. The van der Waals surface area contributed by atoms with Gasteiger partial charge in [0.05, 0.1) is 11.5 Å². The molecule has 0 aromatic rings. The monoisotopic (exact) mass is 277 g/mol. The fraction of sp³-hybridized carbons (Fsp3) is 0.538. The molecule has 3 aliphatic heterocycles. The Labute approximate surface area is 115 Å². The molecule has 19 heavy (non-hydrogen) atoms. The smallest absolute Gasteiger partial charge is 0.278 e. The summed E-state index contributed by atoms with van der Waals surface area (Å²) in [6.07, 6.45) is 7.39. The molecule has 1 atom stereocenters. The van der Waals surface area contributed by atoms with Gasteiger partial charge in [0, 0.05) is 24.7 Å². The molecule has 5 nitrogen and oxygen atoms in total. The number of carbonyl (C=O) groups excluding carboxylic acids is 1. The standard InChI is InChI=1S/C13H15N3O2S/c17-13-12-10(2-1-5-14-12)15-11(16-13)8-19-9-3-6-18-7-4-9/h1-2,5,9,12H,3-4,6-8H2. The summed E-state index contributed by atoms with van der Waals surface area (Å²) in [5.74, 6) is 1.10. The van der Waals surface area contributed by atoms with E-state index in [1.165, 1.54) is 0 Å². The van der Waals surface area contributed by atoms with Gasteiger partial charge >= 0.3 is 0 Å². The number of hydrogen-bond acceptors (Lipinski definition) is 5. The molecule has 0 N–H and O–H groups in total. The van der Waals surface area contributed by atoms with Crippen LogP contribution in [0.25, 0.3) is 0 Å². The lowest BCUT2D eigenvalue weighted by atomic mass is 10.1. The molecule has 0 aromatic heterocycles. The van der Waals surface area contributed by atoms with Crippen LogP contribution >= 0.6 is 11.8 Å². The van der Waals surface area contributed by atoms with Crippen molar-refractivity contribution in [3.05, 3.63) is 12.2 Å². The van der Waals surface area contributed by atoms with Crippen molar-refractivity contribution >= 4 is 35.4 Å². The first-order chi connectivity index (χ1) is 9.33. The molecule has 6 heteroatoms. The number of nitrogens with zero attached hydrogens (tertiary/aromatic N) is 3. The number of rotatable bonds is 3. The number of amides is 1. The van der Waals surface area contributed by atoms with E-state index in [2.05, 4.69) is 15.0 Å². The second-order valence-electron chi connectivity index (χ2n) is 4.59. The lowest BCUT2D eigenvalue weighted by Gasteiger charge is -2.22. The van der Waals surface area contributed by atoms with Crippen molar-refractivity contribution in [3.63, 3.8) is 0 Å². The van der Waals surface area contributed by atoms with Crippen LogP contribution in [0.4, 0.5) is 0 Å². The molecule has 0 spiro atoms. The van der Waals surface area contributed by atoms with E-state index in [0.29, 0.717) is 22.6 Å². The van der Waals surface area contributed by atoms with E-state index in [4.69, 9.17) is 4.74 Å². The van der Waals surface area contributed by atoms with Gasteiger partial charge in [-0.05, 0) is 25.0 Å². The molecule has 0 aliphatic carbocycles. The van der Waals surface area contributed by atoms with Crippen molar-refractivity contribution in [2.45, 2.75) is 24.1 Å². The number of amidine groups is 1. The number of carbonyl (C=O) groups is 1. The lowest BCUT2D eigenvalue weighted by Crippen LogP contribution is -2.33. The molecular weight excluding hydrogens is 262 g/mol. The third-order valence-corrected chi connectivity index (χ3v) is 4.58. The van der Waals surface area contributed by atoms with Crippen LogP contribution in [0, 0.1) is 0 Å². The number of dihydropyridines is 1. The van der Waals surface area contributed by atoms with Crippen LogP contribution in [0.5, 0.6) is 0 Å². The zero-order valence-corrected chi connectivity index (χ0v) is 11.3. The molecule has 1 unspecified atom stereocenters. The summed E-state index contributed by atoms with van der Waals surface area (Å²) < 4.78 is 5.33. The Morgan fingerprint density at radius 1 is 1.32 bits per heavy atom. The minimum absolute atomic E-state index is 0.201. The Hall–Kier alpha value is -1.27. The molecule has 0 bridgehead atoms. The average Bonchev–Trinajstić information content (AvgIpc) is 2.46. The first-order valence-electron chi connectivity index (χ1n) is 6.42. The summed E-state index contributed by atoms with van der Waals surface area (Å²) in [6, 6.07) is -0.512. The quantitative estimate of drug-likeness (QED) is 0.781. The van der Waals surface area contributed by atoms with Crippen LogP contribution in [0.3, 0.4) is 0 Å². The van der Waals surface area contributed by atoms with Gasteiger partial charge in [-0.1, -0.05) is 0 Å². The molecule has 3 rings (SSSR count). The van der Waals surface area contributed by atoms with Crippen LogP contribution in [0.1, 0.15) is 12.8 Å². The molecule has 3 heterocycles. The van der Waals surface area contributed by atoms with E-state index >= 15 is 0 Å². The third kappa shape index (κ3) is 3.01. The Kier molecular flexibility index (Phi) is 3.89. The van der Waals surface area contributed by atoms with E-state index in [-0.39, 0.29) is 5.91 Å². The van der Waals surface area contributed by atoms with Gasteiger partial charge in [-0.15, -0.1) is 0 Å². The summed E-state index contributed by atoms with van der Waals surface area (Å²) in [4.78, 5) is 24.4. The van der Waals surface area contributed by atoms with Crippen molar-refractivity contribution in [2.24, 2.45) is 15.0 Å². The number of ether oxygens (including phenoxy) is 1. The van der Waals surface area contributed by atoms with E-state index < -0.39 is 6.04 Å². The van der Waals surface area contributed by atoms with Crippen LogP contribution in [-0.2, 0) is 9.53 Å². The molecule has 3 aliphatic rings. The maximum absolute atomic E-state index is 11.8. The van der Waals surface area contributed by atoms with Gasteiger partial charge < -0.3 is 4.74 Å². The molecular formula is C13H15N3O2S. The Bertz CT molecular complexity index is 490. The zero-order valence-electron chi connectivity index (χ0n) is 10.5. The van der Waals surface area contributed by atoms with Gasteiger partial charge in [-0.25, -0.2) is 4.99 Å². The Morgan fingerprint density at radius 3 is 3.00 bits per heavy atom. The first-order valence-corrected chi connectivity index (χ1v) is 7.47. The predicted octanol–water partition coefficient (Wildman–Crippen LogP) is 1.29. The number of fused-ring (bicyclic) bond motifs is 1. The van der Waals surface area contributed by atoms with Crippen molar-refractivity contribution in [1.29, 1.82) is 0 Å². The van der Waals surface area contributed by atoms with Crippen molar-refractivity contribution in [1.82, 2.24) is 0 Å². The van der Waals surface area contributed by atoms with Gasteiger partial charge in [0.2, 0.25) is 0 Å². The molecule has 0 aromatic carbocycles. The Balaban J connectivity index is 1.62. The number of aliphatic imine (C=N–C) groups is 3. The average molecular weight is 277 g/mol. The van der Waals surface area contributed by atoms with Gasteiger partial charge in [-0.2, -0.15) is 16.8 Å².